The van der Waals surface area contributed by atoms with Crippen LogP contribution in [0, 0.1) is 0 Å². The largest absolute Gasteiger partial charge is 0.444 e. The molecule has 1 fully saturated rings. The fraction of sp³-hybridized carbons (Fsp3) is 0.476. The number of ether oxygens (including phenoxy) is 1. The number of aromatic nitrogens is 3. The van der Waals surface area contributed by atoms with Crippen LogP contribution in [0.15, 0.2) is 30.7 Å². The van der Waals surface area contributed by atoms with Gasteiger partial charge in [-0.05, 0) is 45.4 Å². The molecule has 0 radical (unpaired) electrons. The van der Waals surface area contributed by atoms with E-state index < -0.39 is 41.7 Å². The molecule has 178 valence electrons. The lowest BCUT2D eigenvalue weighted by Crippen LogP contribution is -2.50. The quantitative estimate of drug-likeness (QED) is 0.689. The van der Waals surface area contributed by atoms with Gasteiger partial charge in [-0.2, -0.15) is 13.2 Å². The van der Waals surface area contributed by atoms with E-state index in [9.17, 15) is 27.2 Å². The van der Waals surface area contributed by atoms with Crippen molar-refractivity contribution in [3.05, 3.63) is 42.1 Å². The topological polar surface area (TPSA) is 97.3 Å². The molecule has 3 rings (SSSR count). The van der Waals surface area contributed by atoms with Gasteiger partial charge in [0.05, 0.1) is 17.9 Å². The maximum atomic E-state index is 14.4. The summed E-state index contributed by atoms with van der Waals surface area (Å²) in [4.78, 5) is 37.5. The molecule has 8 nitrogen and oxygen atoms in total. The van der Waals surface area contributed by atoms with Gasteiger partial charge in [0.25, 0.3) is 0 Å². The summed E-state index contributed by atoms with van der Waals surface area (Å²) in [5.74, 6) is -0.706. The second-order valence-electron chi connectivity index (χ2n) is 8.47. The van der Waals surface area contributed by atoms with Crippen LogP contribution in [0.1, 0.15) is 38.6 Å². The van der Waals surface area contributed by atoms with Crippen LogP contribution in [0.3, 0.4) is 0 Å². The molecule has 12 heteroatoms. The van der Waals surface area contributed by atoms with Crippen LogP contribution in [-0.4, -0.2) is 56.2 Å². The van der Waals surface area contributed by atoms with Crippen molar-refractivity contribution in [1.82, 2.24) is 25.2 Å². The molecule has 0 spiro atoms. The predicted octanol–water partition coefficient (Wildman–Crippen LogP) is 3.52. The number of carbonyl (C=O) groups is 2. The first-order valence-corrected chi connectivity index (χ1v) is 10.1. The number of hydrogen-bond acceptors (Lipinski definition) is 6. The van der Waals surface area contributed by atoms with E-state index in [1.54, 1.807) is 20.8 Å². The molecule has 0 bridgehead atoms. The van der Waals surface area contributed by atoms with Crippen LogP contribution in [-0.2, 0) is 22.3 Å². The molecule has 0 aromatic carbocycles. The first-order valence-electron chi connectivity index (χ1n) is 10.1. The van der Waals surface area contributed by atoms with Crippen molar-refractivity contribution >= 4 is 12.0 Å². The van der Waals surface area contributed by atoms with Crippen LogP contribution in [0.5, 0.6) is 0 Å². The molecule has 1 saturated heterocycles. The first-order chi connectivity index (χ1) is 15.3. The number of amides is 2. The second kappa shape index (κ2) is 9.28. The second-order valence-corrected chi connectivity index (χ2v) is 8.47. The van der Waals surface area contributed by atoms with Gasteiger partial charge in [-0.15, -0.1) is 0 Å². The van der Waals surface area contributed by atoms with E-state index in [2.05, 4.69) is 20.3 Å². The predicted molar refractivity (Wildman–Crippen MR) is 108 cm³/mol. The Morgan fingerprint density at radius 2 is 1.91 bits per heavy atom. The third kappa shape index (κ3) is 6.14. The standard InChI is InChI=1S/C21H23F4N5O3/c1-20(2,3)33-19(32)30-7-6-14(22)17(30)18(31)27-10-13-8-15(29-11-28-13)12-4-5-16(26-9-12)21(23,24)25/h4-5,8-9,11,14,17H,6-7,10H2,1-3H3,(H,27,31)/t14-,17-/m0/s1. The maximum absolute atomic E-state index is 14.4. The van der Waals surface area contributed by atoms with Gasteiger partial charge in [0, 0.05) is 18.3 Å². The molecule has 0 unspecified atom stereocenters. The minimum Gasteiger partial charge on any atom is -0.444 e. The summed E-state index contributed by atoms with van der Waals surface area (Å²) in [6.07, 6.45) is -4.64. The Bertz CT molecular complexity index is 1010. The highest BCUT2D eigenvalue weighted by atomic mass is 19.4. The highest BCUT2D eigenvalue weighted by Crippen LogP contribution is 2.28. The minimum absolute atomic E-state index is 0.00983. The summed E-state index contributed by atoms with van der Waals surface area (Å²) in [7, 11) is 0. The van der Waals surface area contributed by atoms with Gasteiger partial charge in [-0.3, -0.25) is 14.7 Å². The average molecular weight is 469 g/mol. The van der Waals surface area contributed by atoms with E-state index in [1.165, 1.54) is 18.5 Å². The van der Waals surface area contributed by atoms with Crippen molar-refractivity contribution in [3.8, 4) is 11.3 Å². The zero-order valence-corrected chi connectivity index (χ0v) is 18.2. The van der Waals surface area contributed by atoms with Gasteiger partial charge in [-0.25, -0.2) is 19.2 Å². The molecule has 0 saturated carbocycles. The number of alkyl halides is 4. The Hall–Kier alpha value is -3.31. The first kappa shape index (κ1) is 24.3. The van der Waals surface area contributed by atoms with Crippen LogP contribution in [0.25, 0.3) is 11.3 Å². The zero-order valence-electron chi connectivity index (χ0n) is 18.2. The normalized spacial score (nSPS) is 18.8. The summed E-state index contributed by atoms with van der Waals surface area (Å²) >= 11 is 0. The van der Waals surface area contributed by atoms with Gasteiger partial charge in [0.2, 0.25) is 5.91 Å². The number of halogens is 4. The Labute approximate surface area is 187 Å². The average Bonchev–Trinajstić information content (AvgIpc) is 3.12. The van der Waals surface area contributed by atoms with Crippen molar-refractivity contribution in [3.63, 3.8) is 0 Å². The van der Waals surface area contributed by atoms with Crippen molar-refractivity contribution in [2.24, 2.45) is 0 Å². The summed E-state index contributed by atoms with van der Waals surface area (Å²) in [5, 5.41) is 2.54. The SMILES string of the molecule is CC(C)(C)OC(=O)N1CC[C@H](F)[C@H]1C(=O)NCc1cc(-c2ccc(C(F)(F)F)nc2)ncn1. The number of pyridine rings is 1. The van der Waals surface area contributed by atoms with E-state index in [-0.39, 0.29) is 19.5 Å². The highest BCUT2D eigenvalue weighted by molar-refractivity contribution is 5.87. The number of carbonyl (C=O) groups excluding carboxylic acids is 2. The van der Waals surface area contributed by atoms with Crippen molar-refractivity contribution in [2.75, 3.05) is 6.54 Å². The Morgan fingerprint density at radius 3 is 2.52 bits per heavy atom. The highest BCUT2D eigenvalue weighted by Gasteiger charge is 2.43. The number of nitrogens with zero attached hydrogens (tertiary/aromatic N) is 4. The molecular formula is C21H23F4N5O3. The van der Waals surface area contributed by atoms with E-state index in [4.69, 9.17) is 4.74 Å². The number of hydrogen-bond donors (Lipinski definition) is 1. The molecule has 1 aliphatic rings. The van der Waals surface area contributed by atoms with Crippen molar-refractivity contribution in [1.29, 1.82) is 0 Å². The Kier molecular flexibility index (Phi) is 6.84. The molecule has 2 aromatic heterocycles. The number of rotatable bonds is 4. The number of likely N-dealkylation sites (tertiary alicyclic amines) is 1. The van der Waals surface area contributed by atoms with E-state index in [0.717, 1.165) is 17.2 Å². The molecule has 0 aliphatic carbocycles. The van der Waals surface area contributed by atoms with Crippen molar-refractivity contribution in [2.45, 2.75) is 57.7 Å². The summed E-state index contributed by atoms with van der Waals surface area (Å²) < 4.78 is 57.7. The lowest BCUT2D eigenvalue weighted by molar-refractivity contribution is -0.141. The summed E-state index contributed by atoms with van der Waals surface area (Å²) in [6, 6.07) is 2.20. The Balaban J connectivity index is 1.67. The molecule has 2 atom stereocenters. The third-order valence-electron chi connectivity index (χ3n) is 4.74. The van der Waals surface area contributed by atoms with Crippen LogP contribution in [0.2, 0.25) is 0 Å². The lowest BCUT2D eigenvalue weighted by atomic mass is 10.1. The molecule has 1 N–H and O–H groups in total. The zero-order chi connectivity index (χ0) is 24.4. The minimum atomic E-state index is -4.55. The van der Waals surface area contributed by atoms with Crippen molar-refractivity contribution < 1.29 is 31.9 Å². The molecule has 2 aromatic rings. The molecule has 3 heterocycles. The van der Waals surface area contributed by atoms with E-state index >= 15 is 0 Å². The monoisotopic (exact) mass is 469 g/mol. The van der Waals surface area contributed by atoms with Crippen LogP contribution in [0.4, 0.5) is 22.4 Å². The van der Waals surface area contributed by atoms with Gasteiger partial charge >= 0.3 is 12.3 Å². The van der Waals surface area contributed by atoms with Crippen LogP contribution >= 0.6 is 0 Å². The smallest absolute Gasteiger partial charge is 0.433 e. The van der Waals surface area contributed by atoms with E-state index in [1.807, 2.05) is 0 Å². The van der Waals surface area contributed by atoms with E-state index in [0.29, 0.717) is 17.0 Å². The fourth-order valence-electron chi connectivity index (χ4n) is 3.23. The van der Waals surface area contributed by atoms with Crippen LogP contribution < -0.4 is 5.32 Å². The molecule has 1 aliphatic heterocycles. The van der Waals surface area contributed by atoms with Gasteiger partial charge in [0.15, 0.2) is 0 Å². The molecular weight excluding hydrogens is 446 g/mol. The fourth-order valence-corrected chi connectivity index (χ4v) is 3.23. The number of nitrogens with one attached hydrogen (secondary N) is 1. The van der Waals surface area contributed by atoms with Gasteiger partial charge in [-0.1, -0.05) is 0 Å². The maximum Gasteiger partial charge on any atom is 0.433 e. The molecule has 2 amide bonds. The van der Waals surface area contributed by atoms with Gasteiger partial charge < -0.3 is 10.1 Å². The summed E-state index contributed by atoms with van der Waals surface area (Å²) in [6.45, 7) is 4.95. The van der Waals surface area contributed by atoms with Gasteiger partial charge in [0.1, 0.15) is 29.8 Å². The summed E-state index contributed by atoms with van der Waals surface area (Å²) in [5.41, 5.74) is -0.856. The molecule has 33 heavy (non-hydrogen) atoms. The lowest BCUT2D eigenvalue weighted by Gasteiger charge is -2.28. The Morgan fingerprint density at radius 1 is 1.18 bits per heavy atom. The third-order valence-corrected chi connectivity index (χ3v) is 4.74.